The highest BCUT2D eigenvalue weighted by molar-refractivity contribution is 5.91. The maximum atomic E-state index is 11.6. The van der Waals surface area contributed by atoms with Gasteiger partial charge >= 0.3 is 0 Å². The lowest BCUT2D eigenvalue weighted by Crippen LogP contribution is -2.19. The number of nitrogens with one attached hydrogen (secondary N) is 2. The Hall–Kier alpha value is -2.15. The fourth-order valence-corrected chi connectivity index (χ4v) is 2.26. The lowest BCUT2D eigenvalue weighted by molar-refractivity contribution is 0.0957. The van der Waals surface area contributed by atoms with Gasteiger partial charge in [0.05, 0.1) is 5.69 Å². The fourth-order valence-electron chi connectivity index (χ4n) is 2.26. The van der Waals surface area contributed by atoms with Crippen LogP contribution in [0.4, 0.5) is 0 Å². The lowest BCUT2D eigenvalue weighted by atomic mass is 10.2. The number of amides is 1. The summed E-state index contributed by atoms with van der Waals surface area (Å²) < 4.78 is 3.49. The van der Waals surface area contributed by atoms with Gasteiger partial charge in [0.25, 0.3) is 5.91 Å². The normalized spacial score (nSPS) is 10.9. The lowest BCUT2D eigenvalue weighted by Gasteiger charge is -2.07. The number of aromatic nitrogens is 4. The number of hydrogen-bond acceptors (Lipinski definition) is 4. The minimum absolute atomic E-state index is 0.196. The Morgan fingerprint density at radius 1 is 1.38 bits per heavy atom. The second-order valence-electron chi connectivity index (χ2n) is 4.91. The minimum atomic E-state index is -0.196. The van der Waals surface area contributed by atoms with Crippen LogP contribution >= 0.6 is 0 Å². The number of carbonyl (C=O) groups is 1. The highest BCUT2D eigenvalue weighted by Gasteiger charge is 2.17. The zero-order valence-corrected chi connectivity index (χ0v) is 13.0. The van der Waals surface area contributed by atoms with E-state index in [2.05, 4.69) is 27.8 Å². The van der Waals surface area contributed by atoms with E-state index in [-0.39, 0.29) is 5.91 Å². The summed E-state index contributed by atoms with van der Waals surface area (Å²) in [5.41, 5.74) is 2.45. The van der Waals surface area contributed by atoms with Crippen LogP contribution in [0, 0.1) is 6.92 Å². The van der Waals surface area contributed by atoms with Crippen molar-refractivity contribution in [1.29, 1.82) is 0 Å². The Labute approximate surface area is 124 Å². The molecule has 7 nitrogen and oxygen atoms in total. The first kappa shape index (κ1) is 15.2. The Balaban J connectivity index is 2.34. The molecule has 0 unspecified atom stereocenters. The van der Waals surface area contributed by atoms with Crippen LogP contribution in [0.3, 0.4) is 0 Å². The first-order chi connectivity index (χ1) is 10.1. The molecule has 2 aromatic heterocycles. The van der Waals surface area contributed by atoms with Crippen LogP contribution in [-0.2, 0) is 13.6 Å². The smallest absolute Gasteiger partial charge is 0.271 e. The van der Waals surface area contributed by atoms with Crippen LogP contribution in [0.15, 0.2) is 12.3 Å². The van der Waals surface area contributed by atoms with Crippen molar-refractivity contribution in [2.24, 2.45) is 7.05 Å². The van der Waals surface area contributed by atoms with Crippen molar-refractivity contribution in [3.05, 3.63) is 29.2 Å². The maximum Gasteiger partial charge on any atom is 0.271 e. The average Bonchev–Trinajstić information content (AvgIpc) is 3.03. The molecule has 0 spiro atoms. The summed E-state index contributed by atoms with van der Waals surface area (Å²) in [4.78, 5) is 11.6. The summed E-state index contributed by atoms with van der Waals surface area (Å²) in [5.74, 6) is 0.685. The Morgan fingerprint density at radius 3 is 2.81 bits per heavy atom. The van der Waals surface area contributed by atoms with E-state index in [1.165, 1.54) is 0 Å². The number of carbonyl (C=O) groups excluding carboxylic acids is 1. The van der Waals surface area contributed by atoms with E-state index in [1.807, 2.05) is 14.0 Å². The predicted molar refractivity (Wildman–Crippen MR) is 80.5 cm³/mol. The molecule has 0 saturated carbocycles. The van der Waals surface area contributed by atoms with Gasteiger partial charge in [-0.3, -0.25) is 9.48 Å². The van der Waals surface area contributed by atoms with E-state index in [0.29, 0.717) is 5.69 Å². The third kappa shape index (κ3) is 3.13. The van der Waals surface area contributed by atoms with Crippen molar-refractivity contribution < 1.29 is 4.79 Å². The molecule has 7 heteroatoms. The molecule has 2 heterocycles. The SMILES string of the molecule is CCCNCc1c(C)nn(C)c1-n1ccc(C(=O)NC)n1. The molecule has 1 amide bonds. The minimum Gasteiger partial charge on any atom is -0.354 e. The van der Waals surface area contributed by atoms with Crippen LogP contribution in [0.5, 0.6) is 0 Å². The van der Waals surface area contributed by atoms with Gasteiger partial charge in [-0.25, -0.2) is 4.68 Å². The van der Waals surface area contributed by atoms with Crippen LogP contribution in [0.25, 0.3) is 5.82 Å². The monoisotopic (exact) mass is 290 g/mol. The highest BCUT2D eigenvalue weighted by atomic mass is 16.1. The highest BCUT2D eigenvalue weighted by Crippen LogP contribution is 2.17. The standard InChI is InChI=1S/C14H22N6O/c1-5-7-16-9-11-10(2)17-19(4)14(11)20-8-6-12(18-20)13(21)15-3/h6,8,16H,5,7,9H2,1-4H3,(H,15,21). The van der Waals surface area contributed by atoms with Crippen molar-refractivity contribution in [2.45, 2.75) is 26.8 Å². The van der Waals surface area contributed by atoms with Crippen LogP contribution in [0.1, 0.15) is 35.1 Å². The number of rotatable bonds is 6. The van der Waals surface area contributed by atoms with Crippen LogP contribution < -0.4 is 10.6 Å². The summed E-state index contributed by atoms with van der Waals surface area (Å²) in [7, 11) is 3.47. The molecule has 0 aliphatic rings. The Bertz CT molecular complexity index is 627. The largest absolute Gasteiger partial charge is 0.354 e. The van der Waals surface area contributed by atoms with Crippen molar-refractivity contribution >= 4 is 5.91 Å². The average molecular weight is 290 g/mol. The molecule has 0 aliphatic carbocycles. The van der Waals surface area contributed by atoms with Crippen molar-refractivity contribution in [3.8, 4) is 5.82 Å². The molecular formula is C14H22N6O. The van der Waals surface area contributed by atoms with Crippen molar-refractivity contribution in [2.75, 3.05) is 13.6 Å². The molecule has 0 fully saturated rings. The number of aryl methyl sites for hydroxylation is 2. The van der Waals surface area contributed by atoms with E-state index in [0.717, 1.165) is 36.6 Å². The number of hydrogen-bond donors (Lipinski definition) is 2. The first-order valence-corrected chi connectivity index (χ1v) is 7.09. The molecule has 21 heavy (non-hydrogen) atoms. The molecule has 0 radical (unpaired) electrons. The molecule has 0 saturated heterocycles. The van der Waals surface area contributed by atoms with Gasteiger partial charge in [-0.1, -0.05) is 6.92 Å². The Kier molecular flexibility index (Phi) is 4.74. The molecule has 0 aromatic carbocycles. The summed E-state index contributed by atoms with van der Waals surface area (Å²) in [6.07, 6.45) is 2.86. The summed E-state index contributed by atoms with van der Waals surface area (Å²) in [6, 6.07) is 1.70. The predicted octanol–water partition coefficient (Wildman–Crippen LogP) is 0.773. The summed E-state index contributed by atoms with van der Waals surface area (Å²) in [5, 5.41) is 14.7. The molecule has 114 valence electrons. The van der Waals surface area contributed by atoms with Gasteiger partial charge < -0.3 is 10.6 Å². The molecule has 0 atom stereocenters. The molecule has 0 aliphatic heterocycles. The first-order valence-electron chi connectivity index (χ1n) is 7.09. The molecule has 2 aromatic rings. The third-order valence-electron chi connectivity index (χ3n) is 3.31. The van der Waals surface area contributed by atoms with Crippen LogP contribution in [0.2, 0.25) is 0 Å². The quantitative estimate of drug-likeness (QED) is 0.771. The van der Waals surface area contributed by atoms with Crippen molar-refractivity contribution in [1.82, 2.24) is 30.2 Å². The van der Waals surface area contributed by atoms with Gasteiger partial charge in [0.1, 0.15) is 0 Å². The van der Waals surface area contributed by atoms with E-state index < -0.39 is 0 Å². The molecule has 2 rings (SSSR count). The fraction of sp³-hybridized carbons (Fsp3) is 0.500. The molecule has 0 bridgehead atoms. The summed E-state index contributed by atoms with van der Waals surface area (Å²) in [6.45, 7) is 5.80. The van der Waals surface area contributed by atoms with Gasteiger partial charge in [0.15, 0.2) is 11.5 Å². The van der Waals surface area contributed by atoms with E-state index in [9.17, 15) is 4.79 Å². The second kappa shape index (κ2) is 6.53. The zero-order valence-electron chi connectivity index (χ0n) is 13.0. The van der Waals surface area contributed by atoms with Gasteiger partial charge in [-0.05, 0) is 26.0 Å². The van der Waals surface area contributed by atoms with Gasteiger partial charge in [-0.15, -0.1) is 0 Å². The topological polar surface area (TPSA) is 76.8 Å². The van der Waals surface area contributed by atoms with E-state index >= 15 is 0 Å². The van der Waals surface area contributed by atoms with Crippen molar-refractivity contribution in [3.63, 3.8) is 0 Å². The third-order valence-corrected chi connectivity index (χ3v) is 3.31. The van der Waals surface area contributed by atoms with Gasteiger partial charge in [0, 0.05) is 32.4 Å². The van der Waals surface area contributed by atoms with Crippen LogP contribution in [-0.4, -0.2) is 39.1 Å². The number of nitrogens with zero attached hydrogens (tertiary/aromatic N) is 4. The van der Waals surface area contributed by atoms with Gasteiger partial charge in [0.2, 0.25) is 0 Å². The second-order valence-corrected chi connectivity index (χ2v) is 4.91. The van der Waals surface area contributed by atoms with E-state index in [1.54, 1.807) is 28.7 Å². The van der Waals surface area contributed by atoms with E-state index in [4.69, 9.17) is 0 Å². The molecular weight excluding hydrogens is 268 g/mol. The Morgan fingerprint density at radius 2 is 2.14 bits per heavy atom. The summed E-state index contributed by atoms with van der Waals surface area (Å²) >= 11 is 0. The van der Waals surface area contributed by atoms with Gasteiger partial charge in [-0.2, -0.15) is 10.2 Å². The zero-order chi connectivity index (χ0) is 15.4. The molecule has 2 N–H and O–H groups in total. The maximum absolute atomic E-state index is 11.6.